The van der Waals surface area contributed by atoms with Crippen molar-refractivity contribution in [2.24, 2.45) is 0 Å². The number of aromatic nitrogens is 2. The first-order valence-corrected chi connectivity index (χ1v) is 13.0. The lowest BCUT2D eigenvalue weighted by Crippen LogP contribution is -2.23. The van der Waals surface area contributed by atoms with Gasteiger partial charge >= 0.3 is 0 Å². The largest absolute Gasteiger partial charge is 0.349 e. The molecule has 1 heterocycles. The average molecular weight is 428 g/mol. The Hall–Kier alpha value is -1.84. The number of hydrogen-bond acceptors (Lipinski definition) is 2. The van der Waals surface area contributed by atoms with Gasteiger partial charge in [-0.25, -0.2) is 4.98 Å². The van der Waals surface area contributed by atoms with Gasteiger partial charge in [-0.05, 0) is 18.6 Å². The van der Waals surface area contributed by atoms with E-state index in [1.54, 1.807) is 0 Å². The van der Waals surface area contributed by atoms with E-state index < -0.39 is 0 Å². The van der Waals surface area contributed by atoms with Gasteiger partial charge in [0.1, 0.15) is 5.82 Å². The van der Waals surface area contributed by atoms with E-state index in [4.69, 9.17) is 4.98 Å². The molecule has 2 aromatic rings. The van der Waals surface area contributed by atoms with Gasteiger partial charge in [0.05, 0.1) is 17.6 Å². The van der Waals surface area contributed by atoms with Crippen molar-refractivity contribution in [2.75, 3.05) is 0 Å². The van der Waals surface area contributed by atoms with Crippen LogP contribution >= 0.6 is 0 Å². The van der Waals surface area contributed by atoms with Gasteiger partial charge in [-0.1, -0.05) is 109 Å². The predicted octanol–water partition coefficient (Wildman–Crippen LogP) is 7.54. The van der Waals surface area contributed by atoms with Crippen LogP contribution in [0.4, 0.5) is 0 Å². The van der Waals surface area contributed by atoms with Crippen LogP contribution in [0.2, 0.25) is 0 Å². The standard InChI is InChI=1S/C27H45N3O/c1-3-5-6-7-8-9-10-11-12-13-14-15-16-19-22-30-25-21-18-17-20-24(25)29-26(30)23-28-27(31)4-2/h17-18,20-21H,3-16,19,22-23H2,1-2H3,(H,28,31). The van der Waals surface area contributed by atoms with Gasteiger partial charge in [0.2, 0.25) is 5.91 Å². The Kier molecular flexibility index (Phi) is 13.0. The second kappa shape index (κ2) is 15.9. The fourth-order valence-electron chi connectivity index (χ4n) is 4.28. The highest BCUT2D eigenvalue weighted by molar-refractivity contribution is 5.77. The minimum Gasteiger partial charge on any atom is -0.349 e. The summed E-state index contributed by atoms with van der Waals surface area (Å²) >= 11 is 0. The van der Waals surface area contributed by atoms with E-state index in [9.17, 15) is 4.79 Å². The lowest BCUT2D eigenvalue weighted by molar-refractivity contribution is -0.120. The maximum Gasteiger partial charge on any atom is 0.220 e. The summed E-state index contributed by atoms with van der Waals surface area (Å²) in [5, 5.41) is 2.98. The van der Waals surface area contributed by atoms with Crippen LogP contribution in [0.3, 0.4) is 0 Å². The Bertz CT molecular complexity index is 737. The zero-order valence-corrected chi connectivity index (χ0v) is 20.1. The molecule has 0 atom stereocenters. The molecule has 0 saturated carbocycles. The molecule has 4 nitrogen and oxygen atoms in total. The zero-order valence-electron chi connectivity index (χ0n) is 20.1. The summed E-state index contributed by atoms with van der Waals surface area (Å²) < 4.78 is 2.30. The molecular formula is C27H45N3O. The maximum atomic E-state index is 11.7. The van der Waals surface area contributed by atoms with E-state index in [1.807, 2.05) is 13.0 Å². The van der Waals surface area contributed by atoms with Gasteiger partial charge in [0, 0.05) is 13.0 Å². The first-order valence-electron chi connectivity index (χ1n) is 13.0. The number of imidazole rings is 1. The molecule has 0 aliphatic heterocycles. The Labute approximate surface area is 190 Å². The van der Waals surface area contributed by atoms with Crippen LogP contribution < -0.4 is 5.32 Å². The number of rotatable bonds is 18. The molecule has 1 aromatic heterocycles. The minimum absolute atomic E-state index is 0.0788. The highest BCUT2D eigenvalue weighted by Gasteiger charge is 2.10. The maximum absolute atomic E-state index is 11.7. The second-order valence-electron chi connectivity index (χ2n) is 8.89. The average Bonchev–Trinajstić information content (AvgIpc) is 3.15. The second-order valence-corrected chi connectivity index (χ2v) is 8.89. The molecule has 0 aliphatic rings. The van der Waals surface area contributed by atoms with Crippen molar-refractivity contribution in [1.29, 1.82) is 0 Å². The number of aryl methyl sites for hydroxylation is 1. The molecular weight excluding hydrogens is 382 g/mol. The number of benzene rings is 1. The molecule has 0 radical (unpaired) electrons. The van der Waals surface area contributed by atoms with Gasteiger partial charge in [-0.2, -0.15) is 0 Å². The first-order chi connectivity index (χ1) is 15.3. The van der Waals surface area contributed by atoms with Crippen LogP contribution in [0, 0.1) is 0 Å². The van der Waals surface area contributed by atoms with E-state index in [2.05, 4.69) is 35.0 Å². The molecule has 0 spiro atoms. The Morgan fingerprint density at radius 1 is 0.806 bits per heavy atom. The molecule has 0 aliphatic carbocycles. The van der Waals surface area contributed by atoms with Crippen molar-refractivity contribution in [1.82, 2.24) is 14.9 Å². The van der Waals surface area contributed by atoms with E-state index in [0.29, 0.717) is 13.0 Å². The van der Waals surface area contributed by atoms with Crippen molar-refractivity contribution in [3.8, 4) is 0 Å². The van der Waals surface area contributed by atoms with Crippen LogP contribution in [0.25, 0.3) is 11.0 Å². The van der Waals surface area contributed by atoms with Gasteiger partial charge < -0.3 is 9.88 Å². The molecule has 4 heteroatoms. The Morgan fingerprint density at radius 2 is 1.35 bits per heavy atom. The number of para-hydroxylation sites is 2. The zero-order chi connectivity index (χ0) is 22.2. The van der Waals surface area contributed by atoms with E-state index in [-0.39, 0.29) is 5.91 Å². The number of hydrogen-bond donors (Lipinski definition) is 1. The fraction of sp³-hybridized carbons (Fsp3) is 0.704. The molecule has 31 heavy (non-hydrogen) atoms. The molecule has 1 amide bonds. The van der Waals surface area contributed by atoms with Gasteiger partial charge in [0.15, 0.2) is 0 Å². The van der Waals surface area contributed by atoms with E-state index in [0.717, 1.165) is 17.9 Å². The smallest absolute Gasteiger partial charge is 0.220 e. The van der Waals surface area contributed by atoms with Gasteiger partial charge in [0.25, 0.3) is 0 Å². The third-order valence-electron chi connectivity index (χ3n) is 6.23. The highest BCUT2D eigenvalue weighted by atomic mass is 16.1. The van der Waals surface area contributed by atoms with Crippen molar-refractivity contribution < 1.29 is 4.79 Å². The third-order valence-corrected chi connectivity index (χ3v) is 6.23. The third kappa shape index (κ3) is 9.88. The van der Waals surface area contributed by atoms with Crippen molar-refractivity contribution >= 4 is 16.9 Å². The van der Waals surface area contributed by atoms with Crippen molar-refractivity contribution in [3.05, 3.63) is 30.1 Å². The van der Waals surface area contributed by atoms with E-state index in [1.165, 1.54) is 95.4 Å². The fourth-order valence-corrected chi connectivity index (χ4v) is 4.28. The quantitative estimate of drug-likeness (QED) is 0.250. The molecule has 0 fully saturated rings. The highest BCUT2D eigenvalue weighted by Crippen LogP contribution is 2.18. The minimum atomic E-state index is 0.0788. The molecule has 0 unspecified atom stereocenters. The molecule has 1 N–H and O–H groups in total. The van der Waals surface area contributed by atoms with Crippen molar-refractivity contribution in [2.45, 2.75) is 123 Å². The number of nitrogens with one attached hydrogen (secondary N) is 1. The lowest BCUT2D eigenvalue weighted by Gasteiger charge is -2.10. The Balaban J connectivity index is 1.59. The molecule has 1 aromatic carbocycles. The summed E-state index contributed by atoms with van der Waals surface area (Å²) in [6.45, 7) is 5.66. The normalized spacial score (nSPS) is 11.3. The van der Waals surface area contributed by atoms with Gasteiger partial charge in [-0.15, -0.1) is 0 Å². The lowest BCUT2D eigenvalue weighted by atomic mass is 10.0. The number of nitrogens with zero attached hydrogens (tertiary/aromatic N) is 2. The predicted molar refractivity (Wildman–Crippen MR) is 132 cm³/mol. The molecule has 2 rings (SSSR count). The molecule has 0 saturated heterocycles. The number of carbonyl (C=O) groups excluding carboxylic acids is 1. The summed E-state index contributed by atoms with van der Waals surface area (Å²) in [7, 11) is 0. The Morgan fingerprint density at radius 3 is 1.94 bits per heavy atom. The summed E-state index contributed by atoms with van der Waals surface area (Å²) in [5.74, 6) is 1.05. The number of amides is 1. The van der Waals surface area contributed by atoms with Crippen LogP contribution in [0.15, 0.2) is 24.3 Å². The summed E-state index contributed by atoms with van der Waals surface area (Å²) in [4.78, 5) is 16.4. The van der Waals surface area contributed by atoms with Crippen LogP contribution in [0.1, 0.15) is 116 Å². The van der Waals surface area contributed by atoms with Crippen LogP contribution in [-0.4, -0.2) is 15.5 Å². The molecule has 0 bridgehead atoms. The first kappa shape index (κ1) is 25.4. The summed E-state index contributed by atoms with van der Waals surface area (Å²) in [5.41, 5.74) is 2.20. The monoisotopic (exact) mass is 427 g/mol. The number of carbonyl (C=O) groups is 1. The number of unbranched alkanes of at least 4 members (excludes halogenated alkanes) is 13. The van der Waals surface area contributed by atoms with Crippen LogP contribution in [-0.2, 0) is 17.9 Å². The van der Waals surface area contributed by atoms with Gasteiger partial charge in [-0.3, -0.25) is 4.79 Å². The molecule has 174 valence electrons. The SMILES string of the molecule is CCCCCCCCCCCCCCCCn1c(CNC(=O)CC)nc2ccccc21. The summed E-state index contributed by atoms with van der Waals surface area (Å²) in [6.07, 6.45) is 19.8. The van der Waals surface area contributed by atoms with E-state index >= 15 is 0 Å². The van der Waals surface area contributed by atoms with Crippen LogP contribution in [0.5, 0.6) is 0 Å². The number of fused-ring (bicyclic) bond motifs is 1. The summed E-state index contributed by atoms with van der Waals surface area (Å²) in [6, 6.07) is 8.29. The topological polar surface area (TPSA) is 46.9 Å². The van der Waals surface area contributed by atoms with Crippen molar-refractivity contribution in [3.63, 3.8) is 0 Å².